The maximum atomic E-state index is 13.2. The molecule has 2 rings (SSSR count). The topological polar surface area (TPSA) is 64.3 Å². The van der Waals surface area contributed by atoms with Crippen LogP contribution < -0.4 is 15.8 Å². The first-order valence-corrected chi connectivity index (χ1v) is 6.66. The summed E-state index contributed by atoms with van der Waals surface area (Å²) in [4.78, 5) is 12.2. The summed E-state index contributed by atoms with van der Waals surface area (Å²) >= 11 is 0. The second-order valence-electron chi connectivity index (χ2n) is 4.43. The molecule has 1 amide bonds. The van der Waals surface area contributed by atoms with Gasteiger partial charge in [0.25, 0.3) is 5.91 Å². The van der Waals surface area contributed by atoms with Crippen LogP contribution in [0.5, 0.6) is 5.75 Å². The Morgan fingerprint density at radius 1 is 1.24 bits per heavy atom. The van der Waals surface area contributed by atoms with Crippen LogP contribution in [0.4, 0.5) is 10.1 Å². The first-order valence-electron chi connectivity index (χ1n) is 6.66. The van der Waals surface area contributed by atoms with E-state index in [1.165, 1.54) is 18.2 Å². The van der Waals surface area contributed by atoms with Gasteiger partial charge in [0.15, 0.2) is 0 Å². The average Bonchev–Trinajstić information content (AvgIpc) is 2.50. The van der Waals surface area contributed by atoms with Gasteiger partial charge >= 0.3 is 0 Å². The van der Waals surface area contributed by atoms with Gasteiger partial charge in [-0.25, -0.2) is 4.39 Å². The predicted octanol–water partition coefficient (Wildman–Crippen LogP) is 2.94. The molecule has 0 aliphatic carbocycles. The largest absolute Gasteiger partial charge is 0.492 e. The predicted molar refractivity (Wildman–Crippen MR) is 79.9 cm³/mol. The van der Waals surface area contributed by atoms with Crippen LogP contribution >= 0.6 is 0 Å². The van der Waals surface area contributed by atoms with Crippen LogP contribution in [0.15, 0.2) is 42.5 Å². The first kappa shape index (κ1) is 15.0. The molecule has 0 aliphatic rings. The zero-order valence-corrected chi connectivity index (χ0v) is 11.7. The number of anilines is 1. The van der Waals surface area contributed by atoms with E-state index in [1.54, 1.807) is 31.2 Å². The monoisotopic (exact) mass is 288 g/mol. The maximum Gasteiger partial charge on any atom is 0.255 e. The Bertz CT molecular complexity index is 627. The summed E-state index contributed by atoms with van der Waals surface area (Å²) in [6.07, 6.45) is 0. The van der Waals surface area contributed by atoms with Crippen molar-refractivity contribution in [1.29, 1.82) is 0 Å². The van der Waals surface area contributed by atoms with Gasteiger partial charge in [0.05, 0.1) is 12.3 Å². The van der Waals surface area contributed by atoms with Crippen molar-refractivity contribution in [3.8, 4) is 5.75 Å². The Morgan fingerprint density at radius 3 is 2.57 bits per heavy atom. The number of nitrogens with one attached hydrogen (secondary N) is 1. The van der Waals surface area contributed by atoms with Gasteiger partial charge < -0.3 is 15.8 Å². The molecule has 0 aliphatic heterocycles. The molecule has 0 saturated heterocycles. The van der Waals surface area contributed by atoms with Crippen molar-refractivity contribution in [2.45, 2.75) is 13.5 Å². The molecule has 0 spiro atoms. The summed E-state index contributed by atoms with van der Waals surface area (Å²) in [5.74, 6) is -0.390. The van der Waals surface area contributed by atoms with Gasteiger partial charge in [-0.15, -0.1) is 0 Å². The van der Waals surface area contributed by atoms with Gasteiger partial charge in [-0.3, -0.25) is 4.79 Å². The smallest absolute Gasteiger partial charge is 0.255 e. The van der Waals surface area contributed by atoms with Crippen LogP contribution in [0, 0.1) is 5.82 Å². The van der Waals surface area contributed by atoms with Crippen molar-refractivity contribution in [1.82, 2.24) is 0 Å². The minimum absolute atomic E-state index is 0.286. The molecule has 2 aromatic carbocycles. The zero-order valence-electron chi connectivity index (χ0n) is 11.7. The zero-order chi connectivity index (χ0) is 15.2. The number of carbonyl (C=O) groups is 1. The van der Waals surface area contributed by atoms with Crippen molar-refractivity contribution in [3.63, 3.8) is 0 Å². The fourth-order valence-corrected chi connectivity index (χ4v) is 1.86. The van der Waals surface area contributed by atoms with Crippen LogP contribution in [0.2, 0.25) is 0 Å². The highest BCUT2D eigenvalue weighted by Crippen LogP contribution is 2.26. The summed E-state index contributed by atoms with van der Waals surface area (Å²) in [6.45, 7) is 2.61. The van der Waals surface area contributed by atoms with Crippen LogP contribution in [0.3, 0.4) is 0 Å². The number of hydrogen-bond donors (Lipinski definition) is 2. The number of ether oxygens (including phenoxy) is 1. The molecule has 110 valence electrons. The lowest BCUT2D eigenvalue weighted by Gasteiger charge is -2.11. The van der Waals surface area contributed by atoms with E-state index in [-0.39, 0.29) is 5.91 Å². The molecular weight excluding hydrogens is 271 g/mol. The Labute approximate surface area is 122 Å². The molecule has 4 nitrogen and oxygen atoms in total. The number of benzene rings is 2. The van der Waals surface area contributed by atoms with Gasteiger partial charge in [-0.1, -0.05) is 12.1 Å². The molecule has 0 saturated carbocycles. The van der Waals surface area contributed by atoms with E-state index in [2.05, 4.69) is 5.32 Å². The van der Waals surface area contributed by atoms with Crippen LogP contribution in [-0.4, -0.2) is 12.5 Å². The molecule has 5 heteroatoms. The Balaban J connectivity index is 2.18. The second-order valence-corrected chi connectivity index (χ2v) is 4.43. The number of hydrogen-bond acceptors (Lipinski definition) is 3. The number of nitrogens with two attached hydrogens (primary N) is 1. The van der Waals surface area contributed by atoms with E-state index >= 15 is 0 Å². The summed E-state index contributed by atoms with van der Waals surface area (Å²) in [5, 5.41) is 2.71. The number of rotatable bonds is 5. The van der Waals surface area contributed by atoms with Gasteiger partial charge in [-0.05, 0) is 36.8 Å². The Kier molecular flexibility index (Phi) is 4.90. The van der Waals surface area contributed by atoms with Crippen molar-refractivity contribution in [3.05, 3.63) is 59.4 Å². The fraction of sp³-hybridized carbons (Fsp3) is 0.188. The van der Waals surface area contributed by atoms with E-state index in [1.807, 2.05) is 0 Å². The fourth-order valence-electron chi connectivity index (χ4n) is 1.86. The lowest BCUT2D eigenvalue weighted by Crippen LogP contribution is -2.13. The van der Waals surface area contributed by atoms with Crippen molar-refractivity contribution >= 4 is 11.6 Å². The summed E-state index contributed by atoms with van der Waals surface area (Å²) in [7, 11) is 0. The highest BCUT2D eigenvalue weighted by Gasteiger charge is 2.11. The third kappa shape index (κ3) is 3.79. The Morgan fingerprint density at radius 2 is 1.95 bits per heavy atom. The molecule has 3 N–H and O–H groups in total. The van der Waals surface area contributed by atoms with Crippen molar-refractivity contribution < 1.29 is 13.9 Å². The van der Waals surface area contributed by atoms with E-state index < -0.39 is 5.82 Å². The normalized spacial score (nSPS) is 10.2. The number of carbonyl (C=O) groups excluding carboxylic acids is 1. The van der Waals surface area contributed by atoms with Crippen molar-refractivity contribution in [2.24, 2.45) is 5.73 Å². The molecule has 0 fully saturated rings. The van der Waals surface area contributed by atoms with Crippen LogP contribution in [0.1, 0.15) is 22.8 Å². The molecule has 0 aromatic heterocycles. The van der Waals surface area contributed by atoms with E-state index in [4.69, 9.17) is 10.5 Å². The molecule has 0 radical (unpaired) electrons. The summed E-state index contributed by atoms with van der Waals surface area (Å²) < 4.78 is 18.5. The van der Waals surface area contributed by atoms with Crippen molar-refractivity contribution in [2.75, 3.05) is 11.9 Å². The first-order chi connectivity index (χ1) is 10.1. The average molecular weight is 288 g/mol. The third-order valence-electron chi connectivity index (χ3n) is 2.94. The van der Waals surface area contributed by atoms with E-state index in [9.17, 15) is 9.18 Å². The SMILES string of the molecule is CCOc1cc(F)ccc1NC(=O)c1ccc(CN)cc1. The lowest BCUT2D eigenvalue weighted by atomic mass is 10.1. The molecular formula is C16H17FN2O2. The molecule has 0 heterocycles. The molecule has 0 atom stereocenters. The van der Waals surface area contributed by atoms with Gasteiger partial charge in [0.2, 0.25) is 0 Å². The summed E-state index contributed by atoms with van der Waals surface area (Å²) in [5.41, 5.74) is 7.40. The van der Waals surface area contributed by atoms with Gasteiger partial charge in [0, 0.05) is 18.2 Å². The Hall–Kier alpha value is -2.40. The number of halogens is 1. The van der Waals surface area contributed by atoms with E-state index in [0.717, 1.165) is 5.56 Å². The third-order valence-corrected chi connectivity index (χ3v) is 2.94. The molecule has 0 unspecified atom stereocenters. The van der Waals surface area contributed by atoms with Gasteiger partial charge in [-0.2, -0.15) is 0 Å². The van der Waals surface area contributed by atoms with Crippen LogP contribution in [0.25, 0.3) is 0 Å². The summed E-state index contributed by atoms with van der Waals surface area (Å²) in [6, 6.07) is 11.0. The maximum absolute atomic E-state index is 13.2. The highest BCUT2D eigenvalue weighted by molar-refractivity contribution is 6.05. The minimum Gasteiger partial charge on any atom is -0.492 e. The lowest BCUT2D eigenvalue weighted by molar-refractivity contribution is 0.102. The quantitative estimate of drug-likeness (QED) is 0.889. The molecule has 2 aromatic rings. The minimum atomic E-state index is -0.413. The highest BCUT2D eigenvalue weighted by atomic mass is 19.1. The number of amides is 1. The van der Waals surface area contributed by atoms with Gasteiger partial charge in [0.1, 0.15) is 11.6 Å². The molecule has 0 bridgehead atoms. The van der Waals surface area contributed by atoms with E-state index in [0.29, 0.717) is 30.2 Å². The standard InChI is InChI=1S/C16H17FN2O2/c1-2-21-15-9-13(17)7-8-14(15)19-16(20)12-5-3-11(10-18)4-6-12/h3-9H,2,10,18H2,1H3,(H,19,20). The second kappa shape index (κ2) is 6.85. The molecule has 21 heavy (non-hydrogen) atoms. The van der Waals surface area contributed by atoms with Crippen LogP contribution in [-0.2, 0) is 6.54 Å².